The Morgan fingerprint density at radius 1 is 1.15 bits per heavy atom. The molecule has 20 heavy (non-hydrogen) atoms. The molecule has 0 fully saturated rings. The van der Waals surface area contributed by atoms with Gasteiger partial charge in [0, 0.05) is 10.9 Å². The van der Waals surface area contributed by atoms with Gasteiger partial charge < -0.3 is 5.32 Å². The van der Waals surface area contributed by atoms with Crippen LogP contribution in [0, 0.1) is 11.3 Å². The molecule has 4 heteroatoms. The standard InChI is InChI=1S/C16H13BrN2O/c17-14-3-1-2-4-15(14)19-16(20)10-9-12-5-7-13(11-18)8-6-12/h1-8H,9-10H2,(H,19,20). The summed E-state index contributed by atoms with van der Waals surface area (Å²) >= 11 is 3.39. The molecule has 0 atom stereocenters. The van der Waals surface area contributed by atoms with Crippen molar-refractivity contribution in [3.05, 3.63) is 64.1 Å². The van der Waals surface area contributed by atoms with E-state index in [2.05, 4.69) is 27.3 Å². The monoisotopic (exact) mass is 328 g/mol. The van der Waals surface area contributed by atoms with E-state index < -0.39 is 0 Å². The molecule has 3 nitrogen and oxygen atoms in total. The van der Waals surface area contributed by atoms with Crippen LogP contribution in [0.25, 0.3) is 0 Å². The Bertz CT molecular complexity index is 644. The third-order valence-corrected chi connectivity index (χ3v) is 3.56. The summed E-state index contributed by atoms with van der Waals surface area (Å²) in [6.45, 7) is 0. The molecular weight excluding hydrogens is 316 g/mol. The Labute approximate surface area is 126 Å². The summed E-state index contributed by atoms with van der Waals surface area (Å²) in [5, 5.41) is 11.6. The first-order chi connectivity index (χ1) is 9.69. The molecule has 0 radical (unpaired) electrons. The molecule has 0 aliphatic heterocycles. The summed E-state index contributed by atoms with van der Waals surface area (Å²) in [6, 6.07) is 16.9. The smallest absolute Gasteiger partial charge is 0.224 e. The van der Waals surface area contributed by atoms with Gasteiger partial charge in [0.1, 0.15) is 0 Å². The van der Waals surface area contributed by atoms with Crippen molar-refractivity contribution in [3.8, 4) is 6.07 Å². The average Bonchev–Trinajstić information content (AvgIpc) is 2.48. The Kier molecular flexibility index (Phi) is 4.91. The van der Waals surface area contributed by atoms with Gasteiger partial charge in [-0.1, -0.05) is 24.3 Å². The zero-order chi connectivity index (χ0) is 14.4. The third-order valence-electron chi connectivity index (χ3n) is 2.87. The number of nitriles is 1. The largest absolute Gasteiger partial charge is 0.325 e. The van der Waals surface area contributed by atoms with E-state index in [1.807, 2.05) is 36.4 Å². The van der Waals surface area contributed by atoms with Gasteiger partial charge in [0.05, 0.1) is 17.3 Å². The number of hydrogen-bond donors (Lipinski definition) is 1. The predicted octanol–water partition coefficient (Wildman–Crippen LogP) is 3.89. The van der Waals surface area contributed by atoms with E-state index in [0.717, 1.165) is 15.7 Å². The highest BCUT2D eigenvalue weighted by molar-refractivity contribution is 9.10. The third kappa shape index (κ3) is 3.94. The lowest BCUT2D eigenvalue weighted by molar-refractivity contribution is -0.116. The number of amides is 1. The first-order valence-electron chi connectivity index (χ1n) is 6.22. The van der Waals surface area contributed by atoms with E-state index >= 15 is 0 Å². The highest BCUT2D eigenvalue weighted by atomic mass is 79.9. The van der Waals surface area contributed by atoms with Gasteiger partial charge in [0.2, 0.25) is 5.91 Å². The summed E-state index contributed by atoms with van der Waals surface area (Å²) < 4.78 is 0.867. The van der Waals surface area contributed by atoms with Crippen LogP contribution >= 0.6 is 15.9 Å². The fourth-order valence-electron chi connectivity index (χ4n) is 1.78. The quantitative estimate of drug-likeness (QED) is 0.925. The lowest BCUT2D eigenvalue weighted by atomic mass is 10.1. The number of nitrogens with zero attached hydrogens (tertiary/aromatic N) is 1. The molecule has 0 aromatic heterocycles. The fraction of sp³-hybridized carbons (Fsp3) is 0.125. The van der Waals surface area contributed by atoms with Gasteiger partial charge in [0.15, 0.2) is 0 Å². The van der Waals surface area contributed by atoms with Crippen molar-refractivity contribution >= 4 is 27.5 Å². The first-order valence-corrected chi connectivity index (χ1v) is 7.02. The van der Waals surface area contributed by atoms with Crippen molar-refractivity contribution in [3.63, 3.8) is 0 Å². The van der Waals surface area contributed by atoms with E-state index in [1.165, 1.54) is 0 Å². The molecule has 0 heterocycles. The highest BCUT2D eigenvalue weighted by Gasteiger charge is 2.05. The molecule has 2 aromatic rings. The number of rotatable bonds is 4. The van der Waals surface area contributed by atoms with Gasteiger partial charge >= 0.3 is 0 Å². The van der Waals surface area contributed by atoms with Crippen LogP contribution in [-0.2, 0) is 11.2 Å². The maximum absolute atomic E-state index is 11.9. The Balaban J connectivity index is 1.89. The predicted molar refractivity (Wildman–Crippen MR) is 82.2 cm³/mol. The number of para-hydroxylation sites is 1. The van der Waals surface area contributed by atoms with Crippen molar-refractivity contribution in [2.75, 3.05) is 5.32 Å². The Hall–Kier alpha value is -2.12. The lowest BCUT2D eigenvalue weighted by Crippen LogP contribution is -2.12. The van der Waals surface area contributed by atoms with Crippen LogP contribution < -0.4 is 5.32 Å². The van der Waals surface area contributed by atoms with Gasteiger partial charge in [-0.3, -0.25) is 4.79 Å². The highest BCUT2D eigenvalue weighted by Crippen LogP contribution is 2.21. The Morgan fingerprint density at radius 3 is 2.50 bits per heavy atom. The summed E-state index contributed by atoms with van der Waals surface area (Å²) in [5.41, 5.74) is 2.45. The number of anilines is 1. The first kappa shape index (κ1) is 14.3. The zero-order valence-corrected chi connectivity index (χ0v) is 12.4. The maximum atomic E-state index is 11.9. The molecule has 0 spiro atoms. The summed E-state index contributed by atoms with van der Waals surface area (Å²) in [5.74, 6) is -0.0266. The second-order valence-electron chi connectivity index (χ2n) is 4.34. The summed E-state index contributed by atoms with van der Waals surface area (Å²) in [4.78, 5) is 11.9. The molecule has 1 N–H and O–H groups in total. The van der Waals surface area contributed by atoms with Crippen LogP contribution in [-0.4, -0.2) is 5.91 Å². The van der Waals surface area contributed by atoms with Gasteiger partial charge in [-0.2, -0.15) is 5.26 Å². The van der Waals surface area contributed by atoms with Crippen molar-refractivity contribution < 1.29 is 4.79 Å². The van der Waals surface area contributed by atoms with Crippen molar-refractivity contribution in [2.24, 2.45) is 0 Å². The molecule has 0 saturated carbocycles. The summed E-state index contributed by atoms with van der Waals surface area (Å²) in [6.07, 6.45) is 1.06. The average molecular weight is 329 g/mol. The van der Waals surface area contributed by atoms with Gasteiger partial charge in [-0.05, 0) is 52.2 Å². The van der Waals surface area contributed by atoms with Gasteiger partial charge in [-0.15, -0.1) is 0 Å². The molecule has 100 valence electrons. The SMILES string of the molecule is N#Cc1ccc(CCC(=O)Nc2ccccc2Br)cc1. The molecule has 0 saturated heterocycles. The van der Waals surface area contributed by atoms with E-state index in [-0.39, 0.29) is 5.91 Å². The minimum atomic E-state index is -0.0266. The minimum Gasteiger partial charge on any atom is -0.325 e. The maximum Gasteiger partial charge on any atom is 0.224 e. The van der Waals surface area contributed by atoms with E-state index in [9.17, 15) is 4.79 Å². The molecule has 0 aliphatic carbocycles. The number of carbonyl (C=O) groups is 1. The molecule has 2 aromatic carbocycles. The van der Waals surface area contributed by atoms with E-state index in [0.29, 0.717) is 18.4 Å². The van der Waals surface area contributed by atoms with Crippen molar-refractivity contribution in [1.29, 1.82) is 5.26 Å². The van der Waals surface area contributed by atoms with Crippen molar-refractivity contribution in [1.82, 2.24) is 0 Å². The number of aryl methyl sites for hydroxylation is 1. The zero-order valence-electron chi connectivity index (χ0n) is 10.8. The second-order valence-corrected chi connectivity index (χ2v) is 5.19. The molecule has 0 unspecified atom stereocenters. The topological polar surface area (TPSA) is 52.9 Å². The number of halogens is 1. The number of carbonyl (C=O) groups excluding carboxylic acids is 1. The van der Waals surface area contributed by atoms with Crippen LogP contribution in [0.15, 0.2) is 53.0 Å². The molecule has 1 amide bonds. The molecule has 0 aliphatic rings. The minimum absolute atomic E-state index is 0.0266. The fourth-order valence-corrected chi connectivity index (χ4v) is 2.16. The molecule has 2 rings (SSSR count). The van der Waals surface area contributed by atoms with Crippen LogP contribution in [0.5, 0.6) is 0 Å². The van der Waals surface area contributed by atoms with E-state index in [1.54, 1.807) is 12.1 Å². The van der Waals surface area contributed by atoms with Crippen LogP contribution in [0.4, 0.5) is 5.69 Å². The van der Waals surface area contributed by atoms with Crippen molar-refractivity contribution in [2.45, 2.75) is 12.8 Å². The van der Waals surface area contributed by atoms with E-state index in [4.69, 9.17) is 5.26 Å². The van der Waals surface area contributed by atoms with Crippen LogP contribution in [0.1, 0.15) is 17.5 Å². The second kappa shape index (κ2) is 6.88. The van der Waals surface area contributed by atoms with Crippen LogP contribution in [0.3, 0.4) is 0 Å². The summed E-state index contributed by atoms with van der Waals surface area (Å²) in [7, 11) is 0. The Morgan fingerprint density at radius 2 is 1.85 bits per heavy atom. The number of benzene rings is 2. The molecular formula is C16H13BrN2O. The van der Waals surface area contributed by atoms with Gasteiger partial charge in [0.25, 0.3) is 0 Å². The van der Waals surface area contributed by atoms with Crippen LogP contribution in [0.2, 0.25) is 0 Å². The van der Waals surface area contributed by atoms with Gasteiger partial charge in [-0.25, -0.2) is 0 Å². The number of hydrogen-bond acceptors (Lipinski definition) is 2. The molecule has 0 bridgehead atoms. The normalized spacial score (nSPS) is 9.80. The lowest BCUT2D eigenvalue weighted by Gasteiger charge is -2.07. The number of nitrogens with one attached hydrogen (secondary N) is 1.